The van der Waals surface area contributed by atoms with Crippen molar-refractivity contribution in [2.75, 3.05) is 18.4 Å². The van der Waals surface area contributed by atoms with Gasteiger partial charge >= 0.3 is 0 Å². The number of nitrogens with zero attached hydrogens (tertiary/aromatic N) is 2. The Morgan fingerprint density at radius 3 is 2.82 bits per heavy atom. The van der Waals surface area contributed by atoms with Crippen LogP contribution in [0, 0.1) is 6.92 Å². The standard InChI is InChI=1S/C16H22N4OS/c1-10-19-15(18-9-8-17-11(2)21)14-12-6-4-3-5-7-13(12)22-16(14)20-10/h3-9H2,1-2H3,(H,17,21)(H,18,19,20). The Morgan fingerprint density at radius 1 is 1.18 bits per heavy atom. The van der Waals surface area contributed by atoms with Crippen molar-refractivity contribution in [3.05, 3.63) is 16.3 Å². The van der Waals surface area contributed by atoms with E-state index in [-0.39, 0.29) is 5.91 Å². The second-order valence-corrected chi connectivity index (χ2v) is 6.86. The summed E-state index contributed by atoms with van der Waals surface area (Å²) >= 11 is 1.82. The number of anilines is 1. The van der Waals surface area contributed by atoms with Crippen LogP contribution in [-0.2, 0) is 17.6 Å². The molecule has 1 aliphatic rings. The number of aryl methyl sites for hydroxylation is 3. The molecule has 0 fully saturated rings. The molecule has 0 saturated carbocycles. The van der Waals surface area contributed by atoms with Crippen molar-refractivity contribution in [2.45, 2.75) is 46.0 Å². The highest BCUT2D eigenvalue weighted by Crippen LogP contribution is 2.37. The summed E-state index contributed by atoms with van der Waals surface area (Å²) in [5, 5.41) is 7.39. The van der Waals surface area contributed by atoms with Gasteiger partial charge in [0.15, 0.2) is 0 Å². The molecule has 0 aromatic carbocycles. The van der Waals surface area contributed by atoms with Crippen molar-refractivity contribution >= 4 is 33.3 Å². The Labute approximate surface area is 134 Å². The van der Waals surface area contributed by atoms with Gasteiger partial charge in [-0.3, -0.25) is 4.79 Å². The molecular weight excluding hydrogens is 296 g/mol. The zero-order chi connectivity index (χ0) is 15.5. The third kappa shape index (κ3) is 3.21. The first-order chi connectivity index (χ1) is 10.6. The van der Waals surface area contributed by atoms with Gasteiger partial charge in [0.1, 0.15) is 16.5 Å². The van der Waals surface area contributed by atoms with Gasteiger partial charge in [-0.15, -0.1) is 11.3 Å². The van der Waals surface area contributed by atoms with Crippen LogP contribution in [0.1, 0.15) is 42.5 Å². The van der Waals surface area contributed by atoms with E-state index >= 15 is 0 Å². The van der Waals surface area contributed by atoms with Crippen LogP contribution in [0.3, 0.4) is 0 Å². The number of rotatable bonds is 4. The van der Waals surface area contributed by atoms with Crippen molar-refractivity contribution in [1.82, 2.24) is 15.3 Å². The maximum absolute atomic E-state index is 10.9. The van der Waals surface area contributed by atoms with Crippen LogP contribution < -0.4 is 10.6 Å². The van der Waals surface area contributed by atoms with E-state index in [4.69, 9.17) is 0 Å². The minimum atomic E-state index is -0.00443. The van der Waals surface area contributed by atoms with Crippen LogP contribution in [0.25, 0.3) is 10.2 Å². The molecule has 0 bridgehead atoms. The molecule has 118 valence electrons. The lowest BCUT2D eigenvalue weighted by molar-refractivity contribution is -0.118. The van der Waals surface area contributed by atoms with Gasteiger partial charge in [-0.2, -0.15) is 0 Å². The molecule has 0 spiro atoms. The number of hydrogen-bond donors (Lipinski definition) is 2. The monoisotopic (exact) mass is 318 g/mol. The van der Waals surface area contributed by atoms with Crippen LogP contribution in [0.4, 0.5) is 5.82 Å². The van der Waals surface area contributed by atoms with E-state index in [0.29, 0.717) is 13.1 Å². The molecule has 2 N–H and O–H groups in total. The van der Waals surface area contributed by atoms with Crippen LogP contribution >= 0.6 is 11.3 Å². The zero-order valence-electron chi connectivity index (χ0n) is 13.2. The molecular formula is C16H22N4OS. The summed E-state index contributed by atoms with van der Waals surface area (Å²) in [5.41, 5.74) is 1.44. The fourth-order valence-electron chi connectivity index (χ4n) is 2.99. The van der Waals surface area contributed by atoms with Crippen LogP contribution in [-0.4, -0.2) is 29.0 Å². The summed E-state index contributed by atoms with van der Waals surface area (Å²) < 4.78 is 0. The number of carbonyl (C=O) groups is 1. The number of amides is 1. The minimum absolute atomic E-state index is 0.00443. The fourth-order valence-corrected chi connectivity index (χ4v) is 4.30. The molecule has 2 heterocycles. The van der Waals surface area contributed by atoms with Crippen LogP contribution in [0.5, 0.6) is 0 Å². The average Bonchev–Trinajstić information content (AvgIpc) is 2.65. The number of fused-ring (bicyclic) bond motifs is 3. The van der Waals surface area contributed by atoms with Gasteiger partial charge in [-0.05, 0) is 38.2 Å². The first-order valence-electron chi connectivity index (χ1n) is 7.92. The van der Waals surface area contributed by atoms with Gasteiger partial charge in [-0.25, -0.2) is 9.97 Å². The van der Waals surface area contributed by atoms with Gasteiger partial charge in [0, 0.05) is 24.9 Å². The predicted molar refractivity (Wildman–Crippen MR) is 90.6 cm³/mol. The lowest BCUT2D eigenvalue weighted by Crippen LogP contribution is -2.26. The fraction of sp³-hybridized carbons (Fsp3) is 0.562. The first-order valence-corrected chi connectivity index (χ1v) is 8.74. The molecule has 2 aromatic rings. The van der Waals surface area contributed by atoms with E-state index in [1.54, 1.807) is 0 Å². The Kier molecular flexibility index (Phi) is 4.57. The molecule has 2 aromatic heterocycles. The van der Waals surface area contributed by atoms with E-state index in [1.165, 1.54) is 48.4 Å². The second-order valence-electron chi connectivity index (χ2n) is 5.77. The van der Waals surface area contributed by atoms with Crippen molar-refractivity contribution in [3.63, 3.8) is 0 Å². The molecule has 1 amide bonds. The van der Waals surface area contributed by atoms with Crippen molar-refractivity contribution in [3.8, 4) is 0 Å². The molecule has 0 unspecified atom stereocenters. The Morgan fingerprint density at radius 2 is 2.00 bits per heavy atom. The lowest BCUT2D eigenvalue weighted by atomic mass is 10.1. The van der Waals surface area contributed by atoms with Crippen LogP contribution in [0.15, 0.2) is 0 Å². The molecule has 1 aliphatic carbocycles. The normalized spacial score (nSPS) is 14.5. The van der Waals surface area contributed by atoms with Crippen molar-refractivity contribution in [2.24, 2.45) is 0 Å². The molecule has 5 nitrogen and oxygen atoms in total. The maximum Gasteiger partial charge on any atom is 0.216 e. The second kappa shape index (κ2) is 6.60. The zero-order valence-corrected chi connectivity index (χ0v) is 14.0. The van der Waals surface area contributed by atoms with E-state index < -0.39 is 0 Å². The summed E-state index contributed by atoms with van der Waals surface area (Å²) in [4.78, 5) is 22.8. The Balaban J connectivity index is 1.90. The summed E-state index contributed by atoms with van der Waals surface area (Å²) in [6, 6.07) is 0. The van der Waals surface area contributed by atoms with E-state index in [1.807, 2.05) is 18.3 Å². The largest absolute Gasteiger partial charge is 0.368 e. The van der Waals surface area contributed by atoms with E-state index in [0.717, 1.165) is 22.9 Å². The molecule has 0 aliphatic heterocycles. The predicted octanol–water partition coefficient (Wildman–Crippen LogP) is 2.82. The highest BCUT2D eigenvalue weighted by molar-refractivity contribution is 7.19. The van der Waals surface area contributed by atoms with Crippen LogP contribution in [0.2, 0.25) is 0 Å². The molecule has 0 atom stereocenters. The third-order valence-electron chi connectivity index (χ3n) is 3.97. The lowest BCUT2D eigenvalue weighted by Gasteiger charge is -2.09. The highest BCUT2D eigenvalue weighted by Gasteiger charge is 2.19. The number of thiophene rings is 1. The number of aromatic nitrogens is 2. The third-order valence-corrected chi connectivity index (χ3v) is 5.15. The molecule has 3 rings (SSSR count). The molecule has 0 saturated heterocycles. The van der Waals surface area contributed by atoms with Gasteiger partial charge < -0.3 is 10.6 Å². The summed E-state index contributed by atoms with van der Waals surface area (Å²) in [7, 11) is 0. The molecule has 22 heavy (non-hydrogen) atoms. The SMILES string of the molecule is CC(=O)NCCNc1nc(C)nc2sc3c(c12)CCCCC3. The number of carbonyl (C=O) groups excluding carboxylic acids is 1. The maximum atomic E-state index is 10.9. The smallest absolute Gasteiger partial charge is 0.216 e. The number of nitrogens with one attached hydrogen (secondary N) is 2. The molecule has 0 radical (unpaired) electrons. The summed E-state index contributed by atoms with van der Waals surface area (Å²) in [6.45, 7) is 4.75. The summed E-state index contributed by atoms with van der Waals surface area (Å²) in [5.74, 6) is 1.72. The number of hydrogen-bond acceptors (Lipinski definition) is 5. The average molecular weight is 318 g/mol. The van der Waals surface area contributed by atoms with Gasteiger partial charge in [0.25, 0.3) is 0 Å². The Hall–Kier alpha value is -1.69. The Bertz CT molecular complexity index is 695. The van der Waals surface area contributed by atoms with Crippen molar-refractivity contribution in [1.29, 1.82) is 0 Å². The highest BCUT2D eigenvalue weighted by atomic mass is 32.1. The van der Waals surface area contributed by atoms with E-state index in [9.17, 15) is 4.79 Å². The van der Waals surface area contributed by atoms with Gasteiger partial charge in [0.05, 0.1) is 5.39 Å². The minimum Gasteiger partial charge on any atom is -0.368 e. The van der Waals surface area contributed by atoms with Crippen molar-refractivity contribution < 1.29 is 4.79 Å². The summed E-state index contributed by atoms with van der Waals surface area (Å²) in [6.07, 6.45) is 6.12. The van der Waals surface area contributed by atoms with Gasteiger partial charge in [-0.1, -0.05) is 6.42 Å². The van der Waals surface area contributed by atoms with E-state index in [2.05, 4.69) is 20.6 Å². The first kappa shape index (κ1) is 15.2. The topological polar surface area (TPSA) is 66.9 Å². The van der Waals surface area contributed by atoms with Gasteiger partial charge in [0.2, 0.25) is 5.91 Å². The molecule has 6 heteroatoms. The quantitative estimate of drug-likeness (QED) is 0.672.